The second kappa shape index (κ2) is 4.23. The van der Waals surface area contributed by atoms with Crippen LogP contribution in [0, 0.1) is 0 Å². The van der Waals surface area contributed by atoms with Crippen molar-refractivity contribution >= 4 is 5.69 Å². The van der Waals surface area contributed by atoms with E-state index in [9.17, 15) is 0 Å². The summed E-state index contributed by atoms with van der Waals surface area (Å²) in [6.07, 6.45) is 1.18. The molecule has 1 aliphatic heterocycles. The molecular formula is C13H20N2. The van der Waals surface area contributed by atoms with Crippen molar-refractivity contribution in [1.29, 1.82) is 0 Å². The lowest BCUT2D eigenvalue weighted by atomic mass is 10.1. The molecule has 15 heavy (non-hydrogen) atoms. The van der Waals surface area contributed by atoms with Gasteiger partial charge in [-0.15, -0.1) is 0 Å². The molecule has 0 saturated carbocycles. The molecule has 1 aliphatic rings. The largest absolute Gasteiger partial charge is 0.384 e. The van der Waals surface area contributed by atoms with E-state index < -0.39 is 0 Å². The van der Waals surface area contributed by atoms with E-state index in [1.54, 1.807) is 0 Å². The number of fused-ring (bicyclic) bond motifs is 1. The lowest BCUT2D eigenvalue weighted by Gasteiger charge is -2.21. The van der Waals surface area contributed by atoms with Gasteiger partial charge in [-0.3, -0.25) is 4.90 Å². The minimum atomic E-state index is 0.608. The Bertz CT molecular complexity index is 344. The fraction of sp³-hybridized carbons (Fsp3) is 0.538. The summed E-state index contributed by atoms with van der Waals surface area (Å²) < 4.78 is 0. The molecule has 0 fully saturated rings. The van der Waals surface area contributed by atoms with Crippen LogP contribution in [-0.4, -0.2) is 24.5 Å². The lowest BCUT2D eigenvalue weighted by Crippen LogP contribution is -2.25. The Hall–Kier alpha value is -1.02. The Balaban J connectivity index is 2.10. The van der Waals surface area contributed by atoms with Crippen LogP contribution in [0.1, 0.15) is 25.0 Å². The molecule has 82 valence electrons. The summed E-state index contributed by atoms with van der Waals surface area (Å²) >= 11 is 0. The molecule has 0 unspecified atom stereocenters. The Morgan fingerprint density at radius 3 is 2.93 bits per heavy atom. The third-order valence-electron chi connectivity index (χ3n) is 3.19. The molecule has 1 heterocycles. The van der Waals surface area contributed by atoms with Crippen LogP contribution in [0.3, 0.4) is 0 Å². The van der Waals surface area contributed by atoms with Crippen LogP contribution >= 0.6 is 0 Å². The van der Waals surface area contributed by atoms with Crippen molar-refractivity contribution in [2.75, 3.05) is 18.9 Å². The summed E-state index contributed by atoms with van der Waals surface area (Å²) in [7, 11) is 2.18. The summed E-state index contributed by atoms with van der Waals surface area (Å²) in [6.45, 7) is 6.60. The Labute approximate surface area is 92.3 Å². The quantitative estimate of drug-likeness (QED) is 0.813. The van der Waals surface area contributed by atoms with Gasteiger partial charge in [0.1, 0.15) is 0 Å². The fourth-order valence-electron chi connectivity index (χ4n) is 1.93. The number of rotatable bonds is 3. The predicted octanol–water partition coefficient (Wildman–Crippen LogP) is 2.49. The van der Waals surface area contributed by atoms with Gasteiger partial charge in [-0.2, -0.15) is 0 Å². The van der Waals surface area contributed by atoms with Gasteiger partial charge >= 0.3 is 0 Å². The van der Waals surface area contributed by atoms with Crippen molar-refractivity contribution in [1.82, 2.24) is 4.90 Å². The molecular weight excluding hydrogens is 184 g/mol. The maximum Gasteiger partial charge on any atom is 0.0373 e. The van der Waals surface area contributed by atoms with Crippen molar-refractivity contribution in [2.24, 2.45) is 0 Å². The van der Waals surface area contributed by atoms with Crippen LogP contribution in [-0.2, 0) is 13.0 Å². The van der Waals surface area contributed by atoms with Gasteiger partial charge in [0.15, 0.2) is 0 Å². The van der Waals surface area contributed by atoms with Crippen LogP contribution in [0.2, 0.25) is 0 Å². The van der Waals surface area contributed by atoms with Gasteiger partial charge in [-0.1, -0.05) is 12.1 Å². The van der Waals surface area contributed by atoms with Gasteiger partial charge in [0.2, 0.25) is 0 Å². The molecule has 2 rings (SSSR count). The summed E-state index contributed by atoms with van der Waals surface area (Å²) in [5.74, 6) is 0. The zero-order chi connectivity index (χ0) is 10.8. The highest BCUT2D eigenvalue weighted by atomic mass is 15.1. The van der Waals surface area contributed by atoms with Crippen LogP contribution in [0.15, 0.2) is 18.2 Å². The van der Waals surface area contributed by atoms with E-state index in [0.29, 0.717) is 6.04 Å². The summed E-state index contributed by atoms with van der Waals surface area (Å²) in [6, 6.07) is 7.40. The molecule has 1 aromatic carbocycles. The Morgan fingerprint density at radius 2 is 2.20 bits per heavy atom. The third-order valence-corrected chi connectivity index (χ3v) is 3.19. The number of nitrogens with one attached hydrogen (secondary N) is 1. The molecule has 1 N–H and O–H groups in total. The molecule has 2 heteroatoms. The summed E-state index contributed by atoms with van der Waals surface area (Å²) in [5.41, 5.74) is 4.23. The third kappa shape index (κ3) is 2.32. The number of anilines is 1. The average Bonchev–Trinajstić information content (AvgIpc) is 2.64. The number of nitrogens with zero attached hydrogens (tertiary/aromatic N) is 1. The molecule has 0 aliphatic carbocycles. The lowest BCUT2D eigenvalue weighted by molar-refractivity contribution is 0.266. The maximum absolute atomic E-state index is 3.39. The predicted molar refractivity (Wildman–Crippen MR) is 65.2 cm³/mol. The molecule has 0 amide bonds. The normalized spacial score (nSPS) is 14.5. The van der Waals surface area contributed by atoms with Crippen LogP contribution in [0.25, 0.3) is 0 Å². The standard InChI is InChI=1S/C13H20N2/c1-10(2)15(3)9-11-4-5-13-12(8-11)6-7-14-13/h4-5,8,10,14H,6-7,9H2,1-3H3. The van der Waals surface area contributed by atoms with E-state index in [2.05, 4.69) is 49.3 Å². The first-order valence-corrected chi connectivity index (χ1v) is 5.73. The summed E-state index contributed by atoms with van der Waals surface area (Å²) in [4.78, 5) is 2.37. The topological polar surface area (TPSA) is 15.3 Å². The minimum Gasteiger partial charge on any atom is -0.384 e. The van der Waals surface area contributed by atoms with Crippen molar-refractivity contribution in [3.05, 3.63) is 29.3 Å². The van der Waals surface area contributed by atoms with E-state index in [1.165, 1.54) is 23.2 Å². The minimum absolute atomic E-state index is 0.608. The second-order valence-corrected chi connectivity index (χ2v) is 4.68. The van der Waals surface area contributed by atoms with Crippen molar-refractivity contribution in [3.8, 4) is 0 Å². The second-order valence-electron chi connectivity index (χ2n) is 4.68. The van der Waals surface area contributed by atoms with Crippen molar-refractivity contribution in [3.63, 3.8) is 0 Å². The molecule has 0 bridgehead atoms. The van der Waals surface area contributed by atoms with Gasteiger partial charge < -0.3 is 5.32 Å². The fourth-order valence-corrected chi connectivity index (χ4v) is 1.93. The maximum atomic E-state index is 3.39. The van der Waals surface area contributed by atoms with Crippen molar-refractivity contribution in [2.45, 2.75) is 32.9 Å². The van der Waals surface area contributed by atoms with Crippen LogP contribution in [0.5, 0.6) is 0 Å². The molecule has 1 aromatic rings. The van der Waals surface area contributed by atoms with E-state index in [4.69, 9.17) is 0 Å². The van der Waals surface area contributed by atoms with E-state index >= 15 is 0 Å². The summed E-state index contributed by atoms with van der Waals surface area (Å²) in [5, 5.41) is 3.39. The smallest absolute Gasteiger partial charge is 0.0373 e. The highest BCUT2D eigenvalue weighted by Gasteiger charge is 2.11. The first-order chi connectivity index (χ1) is 7.16. The highest BCUT2D eigenvalue weighted by Crippen LogP contribution is 2.23. The molecule has 0 radical (unpaired) electrons. The average molecular weight is 204 g/mol. The van der Waals surface area contributed by atoms with Crippen molar-refractivity contribution < 1.29 is 0 Å². The first kappa shape index (κ1) is 10.5. The van der Waals surface area contributed by atoms with E-state index in [-0.39, 0.29) is 0 Å². The monoisotopic (exact) mass is 204 g/mol. The highest BCUT2D eigenvalue weighted by molar-refractivity contribution is 5.56. The van der Waals surface area contributed by atoms with Crippen LogP contribution in [0.4, 0.5) is 5.69 Å². The molecule has 0 saturated heterocycles. The zero-order valence-electron chi connectivity index (χ0n) is 9.88. The van der Waals surface area contributed by atoms with Gasteiger partial charge in [-0.05, 0) is 44.5 Å². The Morgan fingerprint density at radius 1 is 1.40 bits per heavy atom. The SMILES string of the molecule is CC(C)N(C)Cc1ccc2c(c1)CCN2. The van der Waals surface area contributed by atoms with Gasteiger partial charge in [0.25, 0.3) is 0 Å². The van der Waals surface area contributed by atoms with Crippen LogP contribution < -0.4 is 5.32 Å². The molecule has 2 nitrogen and oxygen atoms in total. The molecule has 0 aromatic heterocycles. The number of benzene rings is 1. The first-order valence-electron chi connectivity index (χ1n) is 5.73. The number of hydrogen-bond donors (Lipinski definition) is 1. The molecule has 0 spiro atoms. The molecule has 0 atom stereocenters. The van der Waals surface area contributed by atoms with Gasteiger partial charge in [0.05, 0.1) is 0 Å². The van der Waals surface area contributed by atoms with Gasteiger partial charge in [-0.25, -0.2) is 0 Å². The van der Waals surface area contributed by atoms with E-state index in [1.807, 2.05) is 0 Å². The van der Waals surface area contributed by atoms with E-state index in [0.717, 1.165) is 13.1 Å². The Kier molecular flexibility index (Phi) is 2.96. The zero-order valence-corrected chi connectivity index (χ0v) is 9.88. The van der Waals surface area contributed by atoms with Gasteiger partial charge in [0, 0.05) is 24.8 Å². The number of hydrogen-bond acceptors (Lipinski definition) is 2.